The van der Waals surface area contributed by atoms with Crippen molar-refractivity contribution in [2.75, 3.05) is 7.05 Å². The molecule has 2 N–H and O–H groups in total. The third kappa shape index (κ3) is 3.30. The number of nitrogens with zero attached hydrogens (tertiary/aromatic N) is 1. The molecule has 1 saturated carbocycles. The summed E-state index contributed by atoms with van der Waals surface area (Å²) >= 11 is 5.08. The van der Waals surface area contributed by atoms with Gasteiger partial charge in [-0.3, -0.25) is 4.79 Å². The summed E-state index contributed by atoms with van der Waals surface area (Å²) < 4.78 is 1.11. The van der Waals surface area contributed by atoms with Crippen molar-refractivity contribution in [3.05, 3.63) is 20.8 Å². The zero-order valence-electron chi connectivity index (χ0n) is 9.86. The summed E-state index contributed by atoms with van der Waals surface area (Å²) in [4.78, 5) is 14.0. The molecule has 1 fully saturated rings. The van der Waals surface area contributed by atoms with E-state index in [-0.39, 0.29) is 17.9 Å². The molecular formula is C12H17BrN2OS. The Morgan fingerprint density at radius 1 is 1.65 bits per heavy atom. The van der Waals surface area contributed by atoms with Gasteiger partial charge in [-0.1, -0.05) is 0 Å². The van der Waals surface area contributed by atoms with Crippen LogP contribution in [0.15, 0.2) is 15.2 Å². The average Bonchev–Trinajstić information content (AvgIpc) is 2.87. The minimum absolute atomic E-state index is 0.136. The van der Waals surface area contributed by atoms with Crippen LogP contribution in [-0.4, -0.2) is 23.9 Å². The first kappa shape index (κ1) is 13.1. The van der Waals surface area contributed by atoms with E-state index in [9.17, 15) is 4.79 Å². The highest BCUT2D eigenvalue weighted by Crippen LogP contribution is 2.27. The van der Waals surface area contributed by atoms with E-state index >= 15 is 0 Å². The molecule has 0 aliphatic heterocycles. The highest BCUT2D eigenvalue weighted by Gasteiger charge is 2.29. The first-order chi connectivity index (χ1) is 8.06. The van der Waals surface area contributed by atoms with Gasteiger partial charge < -0.3 is 10.6 Å². The van der Waals surface area contributed by atoms with Gasteiger partial charge in [-0.15, -0.1) is 11.3 Å². The second-order valence-corrected chi connectivity index (χ2v) is 7.01. The fourth-order valence-corrected chi connectivity index (χ4v) is 3.53. The summed E-state index contributed by atoms with van der Waals surface area (Å²) in [6.45, 7) is 0.687. The lowest BCUT2D eigenvalue weighted by Crippen LogP contribution is -2.32. The van der Waals surface area contributed by atoms with Crippen LogP contribution in [0.4, 0.5) is 0 Å². The molecule has 5 heteroatoms. The minimum atomic E-state index is 0.136. The molecule has 2 unspecified atom stereocenters. The normalized spacial score (nSPS) is 23.9. The van der Waals surface area contributed by atoms with E-state index in [0.29, 0.717) is 6.54 Å². The second-order valence-electron chi connectivity index (χ2n) is 4.72. The quantitative estimate of drug-likeness (QED) is 0.931. The van der Waals surface area contributed by atoms with Gasteiger partial charge in [-0.25, -0.2) is 0 Å². The lowest BCUT2D eigenvalue weighted by molar-refractivity contribution is -0.134. The van der Waals surface area contributed by atoms with E-state index in [2.05, 4.69) is 27.4 Å². The first-order valence-corrected chi connectivity index (χ1v) is 7.47. The Morgan fingerprint density at radius 3 is 2.94 bits per heavy atom. The molecule has 0 radical (unpaired) electrons. The van der Waals surface area contributed by atoms with Gasteiger partial charge >= 0.3 is 0 Å². The standard InChI is InChI=1S/C12H17BrN2OS/c1-15(6-8-4-11(13)17-7-8)12(16)9-2-3-10(14)5-9/h4,7,9-10H,2-3,5-6,14H2,1H3. The smallest absolute Gasteiger partial charge is 0.225 e. The Labute approximate surface area is 114 Å². The molecule has 17 heavy (non-hydrogen) atoms. The number of rotatable bonds is 3. The maximum absolute atomic E-state index is 12.2. The Balaban J connectivity index is 1.91. The van der Waals surface area contributed by atoms with Crippen molar-refractivity contribution in [1.29, 1.82) is 0 Å². The van der Waals surface area contributed by atoms with Crippen LogP contribution >= 0.6 is 27.3 Å². The number of halogens is 1. The number of carbonyl (C=O) groups is 1. The molecule has 2 rings (SSSR count). The van der Waals surface area contributed by atoms with E-state index in [1.165, 1.54) is 5.56 Å². The molecular weight excluding hydrogens is 300 g/mol. The van der Waals surface area contributed by atoms with E-state index in [1.807, 2.05) is 11.9 Å². The Kier molecular flexibility index (Phi) is 4.22. The number of hydrogen-bond acceptors (Lipinski definition) is 3. The summed E-state index contributed by atoms with van der Waals surface area (Å²) in [5.74, 6) is 0.373. The van der Waals surface area contributed by atoms with E-state index in [0.717, 1.165) is 23.0 Å². The van der Waals surface area contributed by atoms with Gasteiger partial charge in [0.15, 0.2) is 0 Å². The zero-order chi connectivity index (χ0) is 12.4. The number of nitrogens with two attached hydrogens (primary N) is 1. The molecule has 3 nitrogen and oxygen atoms in total. The average molecular weight is 317 g/mol. The van der Waals surface area contributed by atoms with Gasteiger partial charge in [0.25, 0.3) is 0 Å². The predicted molar refractivity (Wildman–Crippen MR) is 73.8 cm³/mol. The summed E-state index contributed by atoms with van der Waals surface area (Å²) in [6.07, 6.45) is 2.77. The van der Waals surface area contributed by atoms with E-state index < -0.39 is 0 Å². The summed E-state index contributed by atoms with van der Waals surface area (Å²) in [6, 6.07) is 2.28. The molecule has 94 valence electrons. The number of amides is 1. The van der Waals surface area contributed by atoms with Gasteiger partial charge in [-0.05, 0) is 52.2 Å². The van der Waals surface area contributed by atoms with Crippen molar-refractivity contribution in [2.45, 2.75) is 31.8 Å². The van der Waals surface area contributed by atoms with Crippen LogP contribution in [0.5, 0.6) is 0 Å². The molecule has 1 aliphatic carbocycles. The van der Waals surface area contributed by atoms with Crippen LogP contribution in [0.25, 0.3) is 0 Å². The van der Waals surface area contributed by atoms with Gasteiger partial charge in [-0.2, -0.15) is 0 Å². The molecule has 0 saturated heterocycles. The fourth-order valence-electron chi connectivity index (χ4n) is 2.33. The summed E-state index contributed by atoms with van der Waals surface area (Å²) in [5, 5.41) is 2.08. The highest BCUT2D eigenvalue weighted by atomic mass is 79.9. The van der Waals surface area contributed by atoms with E-state index in [4.69, 9.17) is 5.73 Å². The number of hydrogen-bond donors (Lipinski definition) is 1. The van der Waals surface area contributed by atoms with Crippen LogP contribution in [0.1, 0.15) is 24.8 Å². The Morgan fingerprint density at radius 2 is 2.41 bits per heavy atom. The molecule has 1 aliphatic rings. The van der Waals surface area contributed by atoms with Crippen molar-refractivity contribution in [2.24, 2.45) is 11.7 Å². The van der Waals surface area contributed by atoms with Crippen molar-refractivity contribution in [3.8, 4) is 0 Å². The fraction of sp³-hybridized carbons (Fsp3) is 0.583. The van der Waals surface area contributed by atoms with Crippen molar-refractivity contribution < 1.29 is 4.79 Å². The van der Waals surface area contributed by atoms with Crippen LogP contribution in [0.2, 0.25) is 0 Å². The van der Waals surface area contributed by atoms with Gasteiger partial charge in [0.1, 0.15) is 0 Å². The molecule has 1 aromatic heterocycles. The van der Waals surface area contributed by atoms with Gasteiger partial charge in [0.05, 0.1) is 3.79 Å². The number of carbonyl (C=O) groups excluding carboxylic acids is 1. The van der Waals surface area contributed by atoms with Crippen LogP contribution in [-0.2, 0) is 11.3 Å². The predicted octanol–water partition coefficient (Wildman–Crippen LogP) is 2.60. The topological polar surface area (TPSA) is 46.3 Å². The van der Waals surface area contributed by atoms with Crippen molar-refractivity contribution in [1.82, 2.24) is 4.90 Å². The van der Waals surface area contributed by atoms with Gasteiger partial charge in [0, 0.05) is 25.6 Å². The van der Waals surface area contributed by atoms with Crippen molar-refractivity contribution in [3.63, 3.8) is 0 Å². The second kappa shape index (κ2) is 5.50. The van der Waals surface area contributed by atoms with Crippen LogP contribution < -0.4 is 5.73 Å². The molecule has 0 spiro atoms. The SMILES string of the molecule is CN(Cc1csc(Br)c1)C(=O)C1CCC(N)C1. The monoisotopic (exact) mass is 316 g/mol. The molecule has 1 aromatic rings. The van der Waals surface area contributed by atoms with Crippen molar-refractivity contribution >= 4 is 33.2 Å². The summed E-state index contributed by atoms with van der Waals surface area (Å²) in [5.41, 5.74) is 7.02. The zero-order valence-corrected chi connectivity index (χ0v) is 12.3. The van der Waals surface area contributed by atoms with E-state index in [1.54, 1.807) is 11.3 Å². The molecule has 1 heterocycles. The third-order valence-electron chi connectivity index (χ3n) is 3.24. The Bertz CT molecular complexity index is 407. The summed E-state index contributed by atoms with van der Waals surface area (Å²) in [7, 11) is 1.87. The molecule has 0 bridgehead atoms. The maximum atomic E-state index is 12.2. The number of thiophene rings is 1. The maximum Gasteiger partial charge on any atom is 0.225 e. The Hall–Kier alpha value is -0.390. The van der Waals surface area contributed by atoms with Crippen LogP contribution in [0, 0.1) is 5.92 Å². The van der Waals surface area contributed by atoms with Crippen LogP contribution in [0.3, 0.4) is 0 Å². The lowest BCUT2D eigenvalue weighted by atomic mass is 10.1. The molecule has 1 amide bonds. The minimum Gasteiger partial charge on any atom is -0.341 e. The van der Waals surface area contributed by atoms with Gasteiger partial charge in [0.2, 0.25) is 5.91 Å². The molecule has 2 atom stereocenters. The highest BCUT2D eigenvalue weighted by molar-refractivity contribution is 9.11. The third-order valence-corrected chi connectivity index (χ3v) is 4.79. The largest absolute Gasteiger partial charge is 0.341 e. The molecule has 0 aromatic carbocycles. The first-order valence-electron chi connectivity index (χ1n) is 5.79. The lowest BCUT2D eigenvalue weighted by Gasteiger charge is -2.20.